The first-order valence-electron chi connectivity index (χ1n) is 10.2. The summed E-state index contributed by atoms with van der Waals surface area (Å²) < 4.78 is 11.8. The highest BCUT2D eigenvalue weighted by atomic mass is 79.9. The van der Waals surface area contributed by atoms with Gasteiger partial charge < -0.3 is 9.47 Å². The number of rotatable bonds is 8. The van der Waals surface area contributed by atoms with Gasteiger partial charge in [0.15, 0.2) is 11.7 Å². The van der Waals surface area contributed by atoms with Gasteiger partial charge in [-0.1, -0.05) is 39.8 Å². The van der Waals surface area contributed by atoms with E-state index >= 15 is 0 Å². The van der Waals surface area contributed by atoms with E-state index in [0.717, 1.165) is 0 Å². The van der Waals surface area contributed by atoms with Gasteiger partial charge in [-0.3, -0.25) is 25.8 Å². The maximum absolute atomic E-state index is 12.4. The second-order valence-corrected chi connectivity index (χ2v) is 9.08. The van der Waals surface area contributed by atoms with Crippen LogP contribution >= 0.6 is 28.1 Å². The molecule has 0 bridgehead atoms. The van der Waals surface area contributed by atoms with Crippen molar-refractivity contribution in [3.8, 4) is 11.5 Å². The van der Waals surface area contributed by atoms with Gasteiger partial charge >= 0.3 is 0 Å². The summed E-state index contributed by atoms with van der Waals surface area (Å²) in [7, 11) is 0. The van der Waals surface area contributed by atoms with Crippen LogP contribution < -0.4 is 25.6 Å². The molecule has 0 atom stereocenters. The lowest BCUT2D eigenvalue weighted by Crippen LogP contribution is -2.49. The molecular weight excluding hydrogens is 494 g/mol. The van der Waals surface area contributed by atoms with Crippen molar-refractivity contribution in [1.29, 1.82) is 0 Å². The molecule has 0 fully saturated rings. The van der Waals surface area contributed by atoms with Gasteiger partial charge in [-0.25, -0.2) is 0 Å². The molecule has 7 nitrogen and oxygen atoms in total. The number of carbonyl (C=O) groups excluding carboxylic acids is 2. The van der Waals surface area contributed by atoms with Crippen molar-refractivity contribution in [2.24, 2.45) is 5.92 Å². The van der Waals surface area contributed by atoms with Gasteiger partial charge in [0.05, 0.1) is 11.1 Å². The molecule has 0 aliphatic heterocycles. The monoisotopic (exact) mass is 521 g/mol. The maximum atomic E-state index is 12.4. The fourth-order valence-electron chi connectivity index (χ4n) is 2.48. The number of benzene rings is 2. The third-order valence-electron chi connectivity index (χ3n) is 4.23. The van der Waals surface area contributed by atoms with Crippen LogP contribution in [0.2, 0.25) is 0 Å². The van der Waals surface area contributed by atoms with E-state index in [1.807, 2.05) is 24.3 Å². The van der Waals surface area contributed by atoms with Crippen LogP contribution in [0.5, 0.6) is 11.5 Å². The third kappa shape index (κ3) is 8.47. The van der Waals surface area contributed by atoms with Crippen molar-refractivity contribution in [3.63, 3.8) is 0 Å². The summed E-state index contributed by atoms with van der Waals surface area (Å²) in [6, 6.07) is 12.5. The first kappa shape index (κ1) is 25.6. The van der Waals surface area contributed by atoms with Crippen molar-refractivity contribution < 1.29 is 19.1 Å². The SMILES string of the molecule is CC(C)COc1ccc(C(=O)NC(=S)NNC(=O)COc2ccc(C(C)C)cc2)cc1Br. The first-order valence-corrected chi connectivity index (χ1v) is 11.4. The van der Waals surface area contributed by atoms with E-state index in [-0.39, 0.29) is 11.7 Å². The Bertz CT molecular complexity index is 949. The fourth-order valence-corrected chi connectivity index (χ4v) is 3.12. The van der Waals surface area contributed by atoms with E-state index in [9.17, 15) is 9.59 Å². The summed E-state index contributed by atoms with van der Waals surface area (Å²) in [5, 5.41) is 2.46. The molecule has 0 aliphatic rings. The second kappa shape index (κ2) is 12.4. The minimum Gasteiger partial charge on any atom is -0.492 e. The van der Waals surface area contributed by atoms with Gasteiger partial charge in [-0.05, 0) is 75.9 Å². The number of amides is 2. The number of hydrazine groups is 1. The molecule has 172 valence electrons. The van der Waals surface area contributed by atoms with Gasteiger partial charge in [0.1, 0.15) is 11.5 Å². The number of hydrogen-bond donors (Lipinski definition) is 3. The summed E-state index contributed by atoms with van der Waals surface area (Å²) in [4.78, 5) is 24.3. The summed E-state index contributed by atoms with van der Waals surface area (Å²) in [6.45, 7) is 8.69. The largest absolute Gasteiger partial charge is 0.492 e. The minimum atomic E-state index is -0.441. The van der Waals surface area contributed by atoms with Crippen LogP contribution in [0.25, 0.3) is 0 Å². The fraction of sp³-hybridized carbons (Fsp3) is 0.348. The van der Waals surface area contributed by atoms with Gasteiger partial charge in [-0.2, -0.15) is 0 Å². The molecule has 0 heterocycles. The molecule has 0 unspecified atom stereocenters. The van der Waals surface area contributed by atoms with Gasteiger partial charge in [-0.15, -0.1) is 0 Å². The Morgan fingerprint density at radius 3 is 2.28 bits per heavy atom. The van der Waals surface area contributed by atoms with Crippen LogP contribution in [0.4, 0.5) is 0 Å². The summed E-state index contributed by atoms with van der Waals surface area (Å²) in [5.41, 5.74) is 6.45. The number of thiocarbonyl (C=S) groups is 1. The van der Waals surface area contributed by atoms with E-state index in [1.54, 1.807) is 18.2 Å². The summed E-state index contributed by atoms with van der Waals surface area (Å²) in [6.07, 6.45) is 0. The van der Waals surface area contributed by atoms with Gasteiger partial charge in [0.2, 0.25) is 0 Å². The number of halogens is 1. The quantitative estimate of drug-likeness (QED) is 0.354. The lowest BCUT2D eigenvalue weighted by atomic mass is 10.0. The topological polar surface area (TPSA) is 88.7 Å². The molecule has 32 heavy (non-hydrogen) atoms. The minimum absolute atomic E-state index is 0.0408. The van der Waals surface area contributed by atoms with Gasteiger partial charge in [0, 0.05) is 5.56 Å². The highest BCUT2D eigenvalue weighted by molar-refractivity contribution is 9.10. The van der Waals surface area contributed by atoms with Crippen molar-refractivity contribution in [3.05, 3.63) is 58.1 Å². The van der Waals surface area contributed by atoms with Crippen molar-refractivity contribution in [2.45, 2.75) is 33.6 Å². The molecule has 0 radical (unpaired) electrons. The Labute approximate surface area is 202 Å². The second-order valence-electron chi connectivity index (χ2n) is 7.82. The van der Waals surface area contributed by atoms with E-state index in [1.165, 1.54) is 5.56 Å². The number of hydrogen-bond acceptors (Lipinski definition) is 5. The van der Waals surface area contributed by atoms with E-state index in [4.69, 9.17) is 21.7 Å². The van der Waals surface area contributed by atoms with E-state index in [2.05, 4.69) is 59.8 Å². The van der Waals surface area contributed by atoms with Crippen molar-refractivity contribution in [1.82, 2.24) is 16.2 Å². The van der Waals surface area contributed by atoms with Crippen molar-refractivity contribution >= 4 is 45.1 Å². The lowest BCUT2D eigenvalue weighted by Gasteiger charge is -2.13. The van der Waals surface area contributed by atoms with E-state index in [0.29, 0.717) is 40.0 Å². The zero-order valence-electron chi connectivity index (χ0n) is 18.5. The first-order chi connectivity index (χ1) is 15.2. The Morgan fingerprint density at radius 2 is 1.69 bits per heavy atom. The molecule has 0 aliphatic carbocycles. The molecule has 0 saturated heterocycles. The Balaban J connectivity index is 1.76. The van der Waals surface area contributed by atoms with Crippen LogP contribution in [0, 0.1) is 5.92 Å². The molecule has 2 rings (SSSR count). The zero-order chi connectivity index (χ0) is 23.7. The Hall–Kier alpha value is -2.65. The number of nitrogens with one attached hydrogen (secondary N) is 3. The third-order valence-corrected chi connectivity index (χ3v) is 5.05. The lowest BCUT2D eigenvalue weighted by molar-refractivity contribution is -0.123. The van der Waals surface area contributed by atoms with Crippen LogP contribution in [-0.2, 0) is 4.79 Å². The summed E-state index contributed by atoms with van der Waals surface area (Å²) >= 11 is 8.46. The maximum Gasteiger partial charge on any atom is 0.276 e. The normalized spacial score (nSPS) is 10.6. The average Bonchev–Trinajstić information content (AvgIpc) is 2.75. The zero-order valence-corrected chi connectivity index (χ0v) is 20.9. The van der Waals surface area contributed by atoms with Crippen LogP contribution in [-0.4, -0.2) is 30.1 Å². The van der Waals surface area contributed by atoms with Crippen LogP contribution in [0.3, 0.4) is 0 Å². The Kier molecular flexibility index (Phi) is 9.93. The standard InChI is InChI=1S/C23H28BrN3O4S/c1-14(2)12-31-20-10-7-17(11-19(20)24)22(29)25-23(32)27-26-21(28)13-30-18-8-5-16(6-9-18)15(3)4/h5-11,14-15H,12-13H2,1-4H3,(H,26,28)(H2,25,27,29,32). The van der Waals surface area contributed by atoms with Gasteiger partial charge in [0.25, 0.3) is 11.8 Å². The summed E-state index contributed by atoms with van der Waals surface area (Å²) in [5.74, 6) is 1.19. The molecule has 2 amide bonds. The Morgan fingerprint density at radius 1 is 1.00 bits per heavy atom. The molecule has 0 saturated carbocycles. The molecular formula is C23H28BrN3O4S. The smallest absolute Gasteiger partial charge is 0.276 e. The molecule has 2 aromatic rings. The highest BCUT2D eigenvalue weighted by Gasteiger charge is 2.12. The number of carbonyl (C=O) groups is 2. The number of ether oxygens (including phenoxy) is 2. The van der Waals surface area contributed by atoms with Crippen LogP contribution in [0.15, 0.2) is 46.9 Å². The highest BCUT2D eigenvalue weighted by Crippen LogP contribution is 2.26. The molecule has 2 aromatic carbocycles. The molecule has 0 aromatic heterocycles. The predicted octanol–water partition coefficient (Wildman–Crippen LogP) is 4.32. The molecule has 3 N–H and O–H groups in total. The molecule has 0 spiro atoms. The predicted molar refractivity (Wildman–Crippen MR) is 132 cm³/mol. The van der Waals surface area contributed by atoms with Crippen molar-refractivity contribution in [2.75, 3.05) is 13.2 Å². The average molecular weight is 522 g/mol. The van der Waals surface area contributed by atoms with Crippen LogP contribution in [0.1, 0.15) is 49.5 Å². The van der Waals surface area contributed by atoms with E-state index < -0.39 is 11.8 Å². The molecule has 9 heteroatoms.